The maximum atomic E-state index is 12.2. The van der Waals surface area contributed by atoms with Crippen molar-refractivity contribution in [3.63, 3.8) is 0 Å². The number of carbonyl (C=O) groups is 1. The topological polar surface area (TPSA) is 57.3 Å². The van der Waals surface area contributed by atoms with E-state index in [0.29, 0.717) is 16.4 Å². The van der Waals surface area contributed by atoms with E-state index in [4.69, 9.17) is 11.6 Å². The third-order valence-corrected chi connectivity index (χ3v) is 3.92. The smallest absolute Gasteiger partial charge is 0.258 e. The summed E-state index contributed by atoms with van der Waals surface area (Å²) in [5.74, 6) is 0.261. The van der Waals surface area contributed by atoms with Crippen LogP contribution in [0.4, 0.5) is 11.5 Å². The summed E-state index contributed by atoms with van der Waals surface area (Å²) < 4.78 is 0. The second-order valence-electron chi connectivity index (χ2n) is 5.07. The summed E-state index contributed by atoms with van der Waals surface area (Å²) in [6.07, 6.45) is 1.79. The number of piperazine rings is 1. The number of halogens is 1. The fourth-order valence-electron chi connectivity index (χ4n) is 2.40. The van der Waals surface area contributed by atoms with Crippen molar-refractivity contribution in [1.82, 2.24) is 10.3 Å². The third-order valence-electron chi connectivity index (χ3n) is 3.59. The molecular formula is C16H17ClN4O. The molecular weight excluding hydrogens is 300 g/mol. The van der Waals surface area contributed by atoms with E-state index in [2.05, 4.69) is 20.5 Å². The number of nitrogens with zero attached hydrogens (tertiary/aromatic N) is 2. The maximum Gasteiger partial charge on any atom is 0.258 e. The van der Waals surface area contributed by atoms with E-state index in [1.165, 1.54) is 0 Å². The van der Waals surface area contributed by atoms with Gasteiger partial charge < -0.3 is 15.5 Å². The highest BCUT2D eigenvalue weighted by Crippen LogP contribution is 2.18. The minimum absolute atomic E-state index is 0.256. The van der Waals surface area contributed by atoms with Gasteiger partial charge in [-0.25, -0.2) is 4.98 Å². The first-order valence-corrected chi connectivity index (χ1v) is 7.59. The van der Waals surface area contributed by atoms with Gasteiger partial charge in [-0.2, -0.15) is 0 Å². The summed E-state index contributed by atoms with van der Waals surface area (Å²) in [5.41, 5.74) is 1.51. The molecule has 1 saturated heterocycles. The molecule has 1 fully saturated rings. The molecule has 0 saturated carbocycles. The fourth-order valence-corrected chi connectivity index (χ4v) is 2.62. The summed E-state index contributed by atoms with van der Waals surface area (Å²) >= 11 is 6.02. The lowest BCUT2D eigenvalue weighted by Crippen LogP contribution is -2.43. The van der Waals surface area contributed by atoms with Gasteiger partial charge in [0.2, 0.25) is 0 Å². The van der Waals surface area contributed by atoms with Gasteiger partial charge in [0.15, 0.2) is 0 Å². The van der Waals surface area contributed by atoms with E-state index < -0.39 is 0 Å². The van der Waals surface area contributed by atoms with E-state index in [1.807, 2.05) is 12.1 Å². The summed E-state index contributed by atoms with van der Waals surface area (Å²) in [7, 11) is 0. The van der Waals surface area contributed by atoms with Gasteiger partial charge in [-0.05, 0) is 24.3 Å². The normalized spacial score (nSPS) is 14.7. The number of nitrogens with one attached hydrogen (secondary N) is 2. The second-order valence-corrected chi connectivity index (χ2v) is 5.48. The molecule has 1 aliphatic heterocycles. The zero-order valence-corrected chi connectivity index (χ0v) is 12.8. The van der Waals surface area contributed by atoms with Crippen LogP contribution < -0.4 is 15.5 Å². The van der Waals surface area contributed by atoms with Crippen molar-refractivity contribution in [2.75, 3.05) is 36.4 Å². The Hall–Kier alpha value is -2.11. The van der Waals surface area contributed by atoms with Crippen LogP contribution in [0.25, 0.3) is 0 Å². The number of anilines is 2. The van der Waals surface area contributed by atoms with Gasteiger partial charge in [-0.3, -0.25) is 4.79 Å². The van der Waals surface area contributed by atoms with Crippen molar-refractivity contribution in [3.05, 3.63) is 53.2 Å². The molecule has 6 heteroatoms. The Morgan fingerprint density at radius 1 is 1.18 bits per heavy atom. The van der Waals surface area contributed by atoms with Crippen molar-refractivity contribution < 1.29 is 4.79 Å². The van der Waals surface area contributed by atoms with Gasteiger partial charge >= 0.3 is 0 Å². The number of benzene rings is 1. The largest absolute Gasteiger partial charge is 0.368 e. The zero-order valence-electron chi connectivity index (χ0n) is 12.1. The van der Waals surface area contributed by atoms with E-state index in [1.54, 1.807) is 30.5 Å². The molecule has 5 nitrogen and oxygen atoms in total. The Labute approximate surface area is 134 Å². The molecule has 1 amide bonds. The van der Waals surface area contributed by atoms with E-state index in [9.17, 15) is 4.79 Å². The van der Waals surface area contributed by atoms with Gasteiger partial charge in [-0.15, -0.1) is 0 Å². The SMILES string of the molecule is O=C(Nc1ccc(N2CCNCC2)cn1)c1ccccc1Cl. The van der Waals surface area contributed by atoms with Gasteiger partial charge in [0, 0.05) is 26.2 Å². The molecule has 1 aliphatic rings. The Bertz CT molecular complexity index is 653. The van der Waals surface area contributed by atoms with E-state index >= 15 is 0 Å². The van der Waals surface area contributed by atoms with Crippen LogP contribution >= 0.6 is 11.6 Å². The number of amides is 1. The fraction of sp³-hybridized carbons (Fsp3) is 0.250. The summed E-state index contributed by atoms with van der Waals surface area (Å²) in [6.45, 7) is 3.88. The van der Waals surface area contributed by atoms with Crippen LogP contribution in [0.15, 0.2) is 42.6 Å². The first-order valence-electron chi connectivity index (χ1n) is 7.21. The highest BCUT2D eigenvalue weighted by atomic mass is 35.5. The summed E-state index contributed by atoms with van der Waals surface area (Å²) in [6, 6.07) is 10.7. The minimum atomic E-state index is -0.256. The monoisotopic (exact) mass is 316 g/mol. The molecule has 0 radical (unpaired) electrons. The van der Waals surface area contributed by atoms with Crippen molar-refractivity contribution in [1.29, 1.82) is 0 Å². The number of rotatable bonds is 3. The average Bonchev–Trinajstić information content (AvgIpc) is 2.57. The van der Waals surface area contributed by atoms with Crippen LogP contribution in [0.3, 0.4) is 0 Å². The molecule has 0 unspecified atom stereocenters. The third kappa shape index (κ3) is 3.37. The summed E-state index contributed by atoms with van der Waals surface area (Å²) in [4.78, 5) is 18.7. The molecule has 3 rings (SSSR count). The van der Waals surface area contributed by atoms with Gasteiger partial charge in [0.05, 0.1) is 22.5 Å². The zero-order chi connectivity index (χ0) is 15.4. The number of hydrogen-bond acceptors (Lipinski definition) is 4. The van der Waals surface area contributed by atoms with Crippen LogP contribution in [0.5, 0.6) is 0 Å². The van der Waals surface area contributed by atoms with E-state index in [-0.39, 0.29) is 5.91 Å². The lowest BCUT2D eigenvalue weighted by molar-refractivity contribution is 0.102. The van der Waals surface area contributed by atoms with Crippen LogP contribution in [0.2, 0.25) is 5.02 Å². The van der Waals surface area contributed by atoms with Crippen molar-refractivity contribution >= 4 is 29.0 Å². The van der Waals surface area contributed by atoms with Gasteiger partial charge in [0.1, 0.15) is 5.82 Å². The molecule has 114 valence electrons. The lowest BCUT2D eigenvalue weighted by atomic mass is 10.2. The minimum Gasteiger partial charge on any atom is -0.368 e. The second kappa shape index (κ2) is 6.77. The van der Waals surface area contributed by atoms with Crippen molar-refractivity contribution in [3.8, 4) is 0 Å². The number of aromatic nitrogens is 1. The van der Waals surface area contributed by atoms with E-state index in [0.717, 1.165) is 31.9 Å². The molecule has 22 heavy (non-hydrogen) atoms. The first-order chi connectivity index (χ1) is 10.7. The maximum absolute atomic E-state index is 12.2. The number of pyridine rings is 1. The molecule has 0 bridgehead atoms. The molecule has 1 aromatic heterocycles. The first kappa shape index (κ1) is 14.8. The highest BCUT2D eigenvalue weighted by molar-refractivity contribution is 6.34. The van der Waals surface area contributed by atoms with Crippen LogP contribution in [-0.2, 0) is 0 Å². The predicted molar refractivity (Wildman–Crippen MR) is 88.7 cm³/mol. The summed E-state index contributed by atoms with van der Waals surface area (Å²) in [5, 5.41) is 6.51. The standard InChI is InChI=1S/C16H17ClN4O/c17-14-4-2-1-3-13(14)16(22)20-15-6-5-12(11-19-15)21-9-7-18-8-10-21/h1-6,11,18H,7-10H2,(H,19,20,22). The molecule has 0 aliphatic carbocycles. The Balaban J connectivity index is 1.68. The van der Waals surface area contributed by atoms with Crippen LogP contribution in [0, 0.1) is 0 Å². The molecule has 2 aromatic rings. The Morgan fingerprint density at radius 3 is 2.64 bits per heavy atom. The van der Waals surface area contributed by atoms with Crippen molar-refractivity contribution in [2.45, 2.75) is 0 Å². The number of carbonyl (C=O) groups excluding carboxylic acids is 1. The van der Waals surface area contributed by atoms with Gasteiger partial charge in [0.25, 0.3) is 5.91 Å². The average molecular weight is 317 g/mol. The molecule has 1 aromatic carbocycles. The Morgan fingerprint density at radius 2 is 1.95 bits per heavy atom. The lowest BCUT2D eigenvalue weighted by Gasteiger charge is -2.29. The predicted octanol–water partition coefficient (Wildman–Crippen LogP) is 2.40. The number of hydrogen-bond donors (Lipinski definition) is 2. The molecule has 2 N–H and O–H groups in total. The molecule has 0 atom stereocenters. The highest BCUT2D eigenvalue weighted by Gasteiger charge is 2.12. The van der Waals surface area contributed by atoms with Crippen LogP contribution in [-0.4, -0.2) is 37.1 Å². The van der Waals surface area contributed by atoms with Crippen LogP contribution in [0.1, 0.15) is 10.4 Å². The quantitative estimate of drug-likeness (QED) is 0.913. The molecule has 0 spiro atoms. The Kier molecular flexibility index (Phi) is 4.56. The van der Waals surface area contributed by atoms with Gasteiger partial charge in [-0.1, -0.05) is 23.7 Å². The van der Waals surface area contributed by atoms with Crippen molar-refractivity contribution in [2.24, 2.45) is 0 Å². The molecule has 2 heterocycles.